The summed E-state index contributed by atoms with van der Waals surface area (Å²) in [6.07, 6.45) is 3.42. The standard InChI is InChI=1S/C12H17N3O4S/c1-14(7-6-9-2-3-9)11-5-4-10(15(16)17)8-12(11)20(13,18)19/h4-5,8-9H,2-3,6-7H2,1H3,(H2,13,18,19). The maximum absolute atomic E-state index is 11.6. The van der Waals surface area contributed by atoms with E-state index in [0.29, 0.717) is 18.2 Å². The number of nitrogens with zero attached hydrogens (tertiary/aromatic N) is 2. The molecule has 7 nitrogen and oxygen atoms in total. The van der Waals surface area contributed by atoms with Crippen molar-refractivity contribution < 1.29 is 13.3 Å². The Morgan fingerprint density at radius 1 is 1.45 bits per heavy atom. The predicted molar refractivity (Wildman–Crippen MR) is 75.1 cm³/mol. The lowest BCUT2D eigenvalue weighted by atomic mass is 10.2. The Morgan fingerprint density at radius 3 is 2.60 bits per heavy atom. The fraction of sp³-hybridized carbons (Fsp3) is 0.500. The van der Waals surface area contributed by atoms with Crippen LogP contribution in [0.4, 0.5) is 11.4 Å². The van der Waals surface area contributed by atoms with Crippen molar-refractivity contribution in [1.29, 1.82) is 0 Å². The monoisotopic (exact) mass is 299 g/mol. The summed E-state index contributed by atoms with van der Waals surface area (Å²) in [6.45, 7) is 0.699. The van der Waals surface area contributed by atoms with Crippen LogP contribution in [0.15, 0.2) is 23.1 Å². The lowest BCUT2D eigenvalue weighted by Crippen LogP contribution is -2.23. The van der Waals surface area contributed by atoms with Gasteiger partial charge in [-0.15, -0.1) is 0 Å². The van der Waals surface area contributed by atoms with E-state index in [2.05, 4.69) is 0 Å². The van der Waals surface area contributed by atoms with Crippen LogP contribution in [0.1, 0.15) is 19.3 Å². The number of rotatable bonds is 6. The Bertz CT molecular complexity index is 626. The van der Waals surface area contributed by atoms with Gasteiger partial charge in [-0.05, 0) is 18.4 Å². The third-order valence-electron chi connectivity index (χ3n) is 3.44. The summed E-state index contributed by atoms with van der Waals surface area (Å²) < 4.78 is 23.2. The predicted octanol–water partition coefficient (Wildman–Crippen LogP) is 1.48. The van der Waals surface area contributed by atoms with Crippen LogP contribution in [0.2, 0.25) is 0 Å². The molecule has 0 radical (unpaired) electrons. The number of anilines is 1. The summed E-state index contributed by atoms with van der Waals surface area (Å²) in [4.78, 5) is 11.7. The molecule has 2 rings (SSSR count). The molecule has 0 aromatic heterocycles. The van der Waals surface area contributed by atoms with Crippen molar-refractivity contribution in [3.63, 3.8) is 0 Å². The van der Waals surface area contributed by atoms with Crippen LogP contribution < -0.4 is 10.0 Å². The number of nitro groups is 1. The second-order valence-electron chi connectivity index (χ2n) is 5.11. The molecule has 1 aromatic carbocycles. The Balaban J connectivity index is 2.32. The SMILES string of the molecule is CN(CCC1CC1)c1ccc([N+](=O)[O-])cc1S(N)(=O)=O. The molecule has 2 N–H and O–H groups in total. The van der Waals surface area contributed by atoms with Gasteiger partial charge in [0.1, 0.15) is 4.90 Å². The third kappa shape index (κ3) is 3.45. The zero-order chi connectivity index (χ0) is 14.9. The molecule has 0 aliphatic heterocycles. The molecule has 20 heavy (non-hydrogen) atoms. The van der Waals surface area contributed by atoms with Crippen molar-refractivity contribution >= 4 is 21.4 Å². The molecule has 0 heterocycles. The second-order valence-corrected chi connectivity index (χ2v) is 6.64. The van der Waals surface area contributed by atoms with Gasteiger partial charge in [0.2, 0.25) is 10.0 Å². The molecule has 110 valence electrons. The highest BCUT2D eigenvalue weighted by atomic mass is 32.2. The molecule has 8 heteroatoms. The van der Waals surface area contributed by atoms with Crippen LogP contribution in [0, 0.1) is 16.0 Å². The minimum atomic E-state index is -4.00. The molecule has 1 aliphatic carbocycles. The van der Waals surface area contributed by atoms with Gasteiger partial charge in [0.05, 0.1) is 10.6 Å². The molecule has 1 saturated carbocycles. The number of primary sulfonamides is 1. The highest BCUT2D eigenvalue weighted by Gasteiger charge is 2.24. The summed E-state index contributed by atoms with van der Waals surface area (Å²) in [5, 5.41) is 15.9. The van der Waals surface area contributed by atoms with E-state index in [1.165, 1.54) is 25.0 Å². The van der Waals surface area contributed by atoms with E-state index < -0.39 is 14.9 Å². The van der Waals surface area contributed by atoms with Crippen molar-refractivity contribution in [1.82, 2.24) is 0 Å². The van der Waals surface area contributed by atoms with Crippen molar-refractivity contribution in [3.05, 3.63) is 28.3 Å². The fourth-order valence-electron chi connectivity index (χ4n) is 2.06. The first-order valence-corrected chi connectivity index (χ1v) is 7.86. The van der Waals surface area contributed by atoms with Gasteiger partial charge in [0, 0.05) is 25.7 Å². The number of nitrogens with two attached hydrogens (primary N) is 1. The van der Waals surface area contributed by atoms with Crippen LogP contribution >= 0.6 is 0 Å². The second kappa shape index (κ2) is 5.37. The van der Waals surface area contributed by atoms with Crippen molar-refractivity contribution in [3.8, 4) is 0 Å². The molecule has 1 fully saturated rings. The summed E-state index contributed by atoms with van der Waals surface area (Å²) in [6, 6.07) is 3.74. The summed E-state index contributed by atoms with van der Waals surface area (Å²) >= 11 is 0. The van der Waals surface area contributed by atoms with E-state index in [1.54, 1.807) is 11.9 Å². The molecule has 0 saturated heterocycles. The van der Waals surface area contributed by atoms with E-state index in [1.807, 2.05) is 0 Å². The van der Waals surface area contributed by atoms with Gasteiger partial charge in [-0.2, -0.15) is 0 Å². The topological polar surface area (TPSA) is 107 Å². The normalized spacial score (nSPS) is 15.1. The molecule has 0 amide bonds. The van der Waals surface area contributed by atoms with Gasteiger partial charge in [-0.3, -0.25) is 10.1 Å². The van der Waals surface area contributed by atoms with E-state index in [0.717, 1.165) is 12.5 Å². The van der Waals surface area contributed by atoms with E-state index in [4.69, 9.17) is 5.14 Å². The first-order valence-electron chi connectivity index (χ1n) is 6.31. The van der Waals surface area contributed by atoms with E-state index in [9.17, 15) is 18.5 Å². The highest BCUT2D eigenvalue weighted by molar-refractivity contribution is 7.89. The van der Waals surface area contributed by atoms with E-state index in [-0.39, 0.29) is 10.6 Å². The summed E-state index contributed by atoms with van der Waals surface area (Å²) in [7, 11) is -2.24. The molecule has 1 aromatic rings. The quantitative estimate of drug-likeness (QED) is 0.632. The highest BCUT2D eigenvalue weighted by Crippen LogP contribution is 2.34. The minimum absolute atomic E-state index is 0.204. The van der Waals surface area contributed by atoms with Crippen molar-refractivity contribution in [2.75, 3.05) is 18.5 Å². The molecular formula is C12H17N3O4S. The molecule has 0 unspecified atom stereocenters. The van der Waals surface area contributed by atoms with Crippen LogP contribution in [0.5, 0.6) is 0 Å². The van der Waals surface area contributed by atoms with Gasteiger partial charge in [-0.25, -0.2) is 13.6 Å². The Morgan fingerprint density at radius 2 is 2.10 bits per heavy atom. The van der Waals surface area contributed by atoms with Gasteiger partial charge < -0.3 is 4.90 Å². The maximum Gasteiger partial charge on any atom is 0.270 e. The lowest BCUT2D eigenvalue weighted by molar-refractivity contribution is -0.385. The third-order valence-corrected chi connectivity index (χ3v) is 4.38. The first kappa shape index (κ1) is 14.7. The molecule has 0 atom stereocenters. The zero-order valence-electron chi connectivity index (χ0n) is 11.2. The van der Waals surface area contributed by atoms with Crippen molar-refractivity contribution in [2.45, 2.75) is 24.2 Å². The Kier molecular flexibility index (Phi) is 3.96. The Labute approximate surface area is 117 Å². The zero-order valence-corrected chi connectivity index (χ0v) is 12.0. The largest absolute Gasteiger partial charge is 0.373 e. The van der Waals surface area contributed by atoms with Crippen LogP contribution in [0.3, 0.4) is 0 Å². The average molecular weight is 299 g/mol. The molecular weight excluding hydrogens is 282 g/mol. The van der Waals surface area contributed by atoms with Gasteiger partial charge in [-0.1, -0.05) is 12.8 Å². The van der Waals surface area contributed by atoms with Crippen LogP contribution in [-0.4, -0.2) is 26.9 Å². The maximum atomic E-state index is 11.6. The molecule has 0 spiro atoms. The minimum Gasteiger partial charge on any atom is -0.373 e. The van der Waals surface area contributed by atoms with Crippen LogP contribution in [-0.2, 0) is 10.0 Å². The summed E-state index contributed by atoms with van der Waals surface area (Å²) in [5.74, 6) is 0.716. The Hall–Kier alpha value is -1.67. The number of benzene rings is 1. The van der Waals surface area contributed by atoms with Crippen molar-refractivity contribution in [2.24, 2.45) is 11.1 Å². The number of non-ortho nitro benzene ring substituents is 1. The van der Waals surface area contributed by atoms with Gasteiger partial charge in [0.25, 0.3) is 5.69 Å². The van der Waals surface area contributed by atoms with Crippen LogP contribution in [0.25, 0.3) is 0 Å². The fourth-order valence-corrected chi connectivity index (χ4v) is 2.86. The smallest absolute Gasteiger partial charge is 0.270 e. The summed E-state index contributed by atoms with van der Waals surface area (Å²) in [5.41, 5.74) is 0.118. The number of sulfonamides is 1. The number of hydrogen-bond donors (Lipinski definition) is 1. The molecule has 1 aliphatic rings. The molecule has 0 bridgehead atoms. The average Bonchev–Trinajstić information content (AvgIpc) is 3.18. The van der Waals surface area contributed by atoms with Gasteiger partial charge >= 0.3 is 0 Å². The van der Waals surface area contributed by atoms with E-state index >= 15 is 0 Å². The first-order chi connectivity index (χ1) is 9.29. The van der Waals surface area contributed by atoms with Gasteiger partial charge in [0.15, 0.2) is 0 Å². The number of hydrogen-bond acceptors (Lipinski definition) is 5. The lowest BCUT2D eigenvalue weighted by Gasteiger charge is -2.21. The number of nitro benzene ring substituents is 1.